The third-order valence-electron chi connectivity index (χ3n) is 4.61. The number of nitrogens with two attached hydrogens (primary N) is 1. The predicted octanol–water partition coefficient (Wildman–Crippen LogP) is 1.19. The fourth-order valence-electron chi connectivity index (χ4n) is 2.90. The van der Waals surface area contributed by atoms with Crippen LogP contribution in [0, 0.1) is 0 Å². The number of hydrogen-bond acceptors (Lipinski definition) is 7. The van der Waals surface area contributed by atoms with E-state index in [1.54, 1.807) is 24.0 Å². The summed E-state index contributed by atoms with van der Waals surface area (Å²) >= 11 is 0. The highest BCUT2D eigenvalue weighted by Gasteiger charge is 2.31. The molecule has 8 nitrogen and oxygen atoms in total. The number of nitrogens with zero attached hydrogens (tertiary/aromatic N) is 3. The lowest BCUT2D eigenvalue weighted by molar-refractivity contribution is -0.132. The summed E-state index contributed by atoms with van der Waals surface area (Å²) in [5.41, 5.74) is 6.73. The Morgan fingerprint density at radius 3 is 2.42 bits per heavy atom. The first-order chi connectivity index (χ1) is 12.3. The molecule has 1 fully saturated rings. The molecule has 1 aliphatic heterocycles. The summed E-state index contributed by atoms with van der Waals surface area (Å²) in [6.45, 7) is 3.25. The van der Waals surface area contributed by atoms with E-state index in [2.05, 4.69) is 10.1 Å². The summed E-state index contributed by atoms with van der Waals surface area (Å²) < 4.78 is 28.3. The SMILES string of the molecule is CC(c1nc(-c2ccc(S(C)(=O)=O)cc2)no1)C(N)C(=O)N1CCCC1. The molecule has 1 saturated heterocycles. The first-order valence-electron chi connectivity index (χ1n) is 8.46. The number of amides is 1. The fourth-order valence-corrected chi connectivity index (χ4v) is 3.53. The molecule has 9 heteroatoms. The van der Waals surface area contributed by atoms with E-state index in [-0.39, 0.29) is 16.7 Å². The van der Waals surface area contributed by atoms with Crippen LogP contribution in [0.15, 0.2) is 33.7 Å². The first-order valence-corrected chi connectivity index (χ1v) is 10.3. The van der Waals surface area contributed by atoms with Crippen molar-refractivity contribution in [2.75, 3.05) is 19.3 Å². The van der Waals surface area contributed by atoms with Crippen LogP contribution in [0.25, 0.3) is 11.4 Å². The zero-order valence-electron chi connectivity index (χ0n) is 14.8. The second-order valence-corrected chi connectivity index (χ2v) is 8.62. The maximum Gasteiger partial charge on any atom is 0.240 e. The molecule has 1 aromatic heterocycles. The van der Waals surface area contributed by atoms with Gasteiger partial charge >= 0.3 is 0 Å². The van der Waals surface area contributed by atoms with Gasteiger partial charge in [0.15, 0.2) is 9.84 Å². The van der Waals surface area contributed by atoms with Crippen molar-refractivity contribution in [3.05, 3.63) is 30.2 Å². The standard InChI is InChI=1S/C17H22N4O4S/c1-11(14(18)17(22)21-9-3-4-10-21)16-19-15(20-25-16)12-5-7-13(8-6-12)26(2,23)24/h5-8,11,14H,3-4,9-10,18H2,1-2H3. The molecule has 1 aliphatic rings. The second-order valence-electron chi connectivity index (χ2n) is 6.60. The minimum atomic E-state index is -3.26. The van der Waals surface area contributed by atoms with Gasteiger partial charge in [-0.1, -0.05) is 12.1 Å². The van der Waals surface area contributed by atoms with E-state index >= 15 is 0 Å². The van der Waals surface area contributed by atoms with Gasteiger partial charge < -0.3 is 15.2 Å². The van der Waals surface area contributed by atoms with Gasteiger partial charge in [0.1, 0.15) is 0 Å². The highest BCUT2D eigenvalue weighted by atomic mass is 32.2. The Morgan fingerprint density at radius 1 is 1.23 bits per heavy atom. The van der Waals surface area contributed by atoms with Gasteiger partial charge in [-0.05, 0) is 37.1 Å². The van der Waals surface area contributed by atoms with Gasteiger partial charge in [0.05, 0.1) is 16.9 Å². The van der Waals surface area contributed by atoms with E-state index in [4.69, 9.17) is 10.3 Å². The summed E-state index contributed by atoms with van der Waals surface area (Å²) in [6, 6.07) is 5.48. The molecule has 0 bridgehead atoms. The number of aromatic nitrogens is 2. The average molecular weight is 378 g/mol. The second kappa shape index (κ2) is 7.16. The number of sulfone groups is 1. The van der Waals surface area contributed by atoms with Gasteiger partial charge in [0.2, 0.25) is 17.6 Å². The van der Waals surface area contributed by atoms with Crippen LogP contribution in [0.4, 0.5) is 0 Å². The molecule has 2 N–H and O–H groups in total. The lowest BCUT2D eigenvalue weighted by Gasteiger charge is -2.22. The minimum absolute atomic E-state index is 0.104. The molecule has 0 spiro atoms. The largest absolute Gasteiger partial charge is 0.341 e. The average Bonchev–Trinajstić information content (AvgIpc) is 3.31. The van der Waals surface area contributed by atoms with E-state index < -0.39 is 21.8 Å². The highest BCUT2D eigenvalue weighted by Crippen LogP contribution is 2.24. The van der Waals surface area contributed by atoms with Crippen LogP contribution in [0.1, 0.15) is 31.6 Å². The van der Waals surface area contributed by atoms with Crippen LogP contribution < -0.4 is 5.73 Å². The normalized spacial score (nSPS) is 17.3. The van der Waals surface area contributed by atoms with Crippen LogP contribution in [0.3, 0.4) is 0 Å². The summed E-state index contributed by atoms with van der Waals surface area (Å²) in [5.74, 6) is 0.0897. The van der Waals surface area contributed by atoms with Crippen LogP contribution >= 0.6 is 0 Å². The van der Waals surface area contributed by atoms with Gasteiger partial charge in [-0.15, -0.1) is 0 Å². The van der Waals surface area contributed by atoms with Crippen molar-refractivity contribution in [2.24, 2.45) is 5.73 Å². The van der Waals surface area contributed by atoms with Crippen molar-refractivity contribution in [3.63, 3.8) is 0 Å². The number of carbonyl (C=O) groups excluding carboxylic acids is 1. The lowest BCUT2D eigenvalue weighted by atomic mass is 10.0. The lowest BCUT2D eigenvalue weighted by Crippen LogP contribution is -2.45. The van der Waals surface area contributed by atoms with E-state index in [1.807, 2.05) is 0 Å². The molecule has 1 amide bonds. The Bertz CT molecular complexity index is 886. The number of hydrogen-bond donors (Lipinski definition) is 1. The molecule has 140 valence electrons. The van der Waals surface area contributed by atoms with Crippen molar-refractivity contribution in [1.82, 2.24) is 15.0 Å². The van der Waals surface area contributed by atoms with Gasteiger partial charge in [0.25, 0.3) is 0 Å². The Kier molecular flexibility index (Phi) is 5.10. The van der Waals surface area contributed by atoms with Crippen LogP contribution in [0.5, 0.6) is 0 Å². The van der Waals surface area contributed by atoms with Gasteiger partial charge in [-0.2, -0.15) is 4.98 Å². The summed E-state index contributed by atoms with van der Waals surface area (Å²) in [5, 5.41) is 3.92. The molecular formula is C17H22N4O4S. The molecule has 2 heterocycles. The predicted molar refractivity (Wildman–Crippen MR) is 95.0 cm³/mol. The third-order valence-corrected chi connectivity index (χ3v) is 5.74. The maximum atomic E-state index is 12.4. The number of benzene rings is 1. The van der Waals surface area contributed by atoms with Gasteiger partial charge in [-0.3, -0.25) is 4.79 Å². The van der Waals surface area contributed by atoms with Crippen molar-refractivity contribution in [2.45, 2.75) is 36.6 Å². The van der Waals surface area contributed by atoms with Crippen molar-refractivity contribution < 1.29 is 17.7 Å². The quantitative estimate of drug-likeness (QED) is 0.830. The van der Waals surface area contributed by atoms with E-state index in [9.17, 15) is 13.2 Å². The van der Waals surface area contributed by atoms with E-state index in [0.717, 1.165) is 32.2 Å². The molecule has 2 atom stereocenters. The molecule has 26 heavy (non-hydrogen) atoms. The Balaban J connectivity index is 1.75. The molecule has 0 saturated carbocycles. The van der Waals surface area contributed by atoms with E-state index in [0.29, 0.717) is 11.4 Å². The van der Waals surface area contributed by atoms with Gasteiger partial charge in [-0.25, -0.2) is 8.42 Å². The Hall–Kier alpha value is -2.26. The summed E-state index contributed by atoms with van der Waals surface area (Å²) in [4.78, 5) is 18.7. The molecule has 0 radical (unpaired) electrons. The summed E-state index contributed by atoms with van der Waals surface area (Å²) in [6.07, 6.45) is 3.15. The summed E-state index contributed by atoms with van der Waals surface area (Å²) in [7, 11) is -3.26. The van der Waals surface area contributed by atoms with Crippen LogP contribution in [-0.4, -0.2) is 54.8 Å². The Labute approximate surface area is 152 Å². The van der Waals surface area contributed by atoms with Crippen molar-refractivity contribution >= 4 is 15.7 Å². The van der Waals surface area contributed by atoms with Crippen molar-refractivity contribution in [3.8, 4) is 11.4 Å². The maximum absolute atomic E-state index is 12.4. The zero-order chi connectivity index (χ0) is 18.9. The van der Waals surface area contributed by atoms with E-state index in [1.165, 1.54) is 12.1 Å². The van der Waals surface area contributed by atoms with Crippen LogP contribution in [0.2, 0.25) is 0 Å². The highest BCUT2D eigenvalue weighted by molar-refractivity contribution is 7.90. The molecule has 2 unspecified atom stereocenters. The molecule has 2 aromatic rings. The monoisotopic (exact) mass is 378 g/mol. The topological polar surface area (TPSA) is 119 Å². The smallest absolute Gasteiger partial charge is 0.240 e. The minimum Gasteiger partial charge on any atom is -0.341 e. The Morgan fingerprint density at radius 2 is 1.85 bits per heavy atom. The molecule has 1 aromatic carbocycles. The van der Waals surface area contributed by atoms with Crippen LogP contribution in [-0.2, 0) is 14.6 Å². The number of likely N-dealkylation sites (tertiary alicyclic amines) is 1. The first kappa shape index (κ1) is 18.5. The molecular weight excluding hydrogens is 356 g/mol. The fraction of sp³-hybridized carbons (Fsp3) is 0.471. The number of rotatable bonds is 5. The molecule has 3 rings (SSSR count). The number of carbonyl (C=O) groups is 1. The zero-order valence-corrected chi connectivity index (χ0v) is 15.6. The van der Waals surface area contributed by atoms with Crippen molar-refractivity contribution in [1.29, 1.82) is 0 Å². The third kappa shape index (κ3) is 3.78. The molecule has 0 aliphatic carbocycles. The van der Waals surface area contributed by atoms with Gasteiger partial charge in [0, 0.05) is 24.9 Å².